The zero-order valence-corrected chi connectivity index (χ0v) is 12.3. The summed E-state index contributed by atoms with van der Waals surface area (Å²) < 4.78 is 10.8. The van der Waals surface area contributed by atoms with Gasteiger partial charge in [-0.25, -0.2) is 4.98 Å². The van der Waals surface area contributed by atoms with E-state index in [2.05, 4.69) is 16.9 Å². The third-order valence-corrected chi connectivity index (χ3v) is 4.04. The molecule has 1 aromatic heterocycles. The van der Waals surface area contributed by atoms with Gasteiger partial charge in [0.1, 0.15) is 28.4 Å². The molecule has 2 aromatic rings. The number of piperidine rings is 1. The number of imidazole rings is 1. The second-order valence-electron chi connectivity index (χ2n) is 5.42. The van der Waals surface area contributed by atoms with Crippen molar-refractivity contribution in [3.63, 3.8) is 0 Å². The van der Waals surface area contributed by atoms with Gasteiger partial charge < -0.3 is 19.4 Å². The number of ether oxygens (including phenoxy) is 2. The van der Waals surface area contributed by atoms with Crippen molar-refractivity contribution in [1.82, 2.24) is 14.9 Å². The van der Waals surface area contributed by atoms with Crippen LogP contribution in [0, 0.1) is 0 Å². The Bertz CT molecular complexity index is 567. The fraction of sp³-hybridized carbons (Fsp3) is 0.533. The van der Waals surface area contributed by atoms with Crippen LogP contribution in [-0.2, 0) is 0 Å². The largest absolute Gasteiger partial charge is 0.494 e. The van der Waals surface area contributed by atoms with Gasteiger partial charge >= 0.3 is 0 Å². The molecule has 5 nitrogen and oxygen atoms in total. The Balaban J connectivity index is 2.04. The van der Waals surface area contributed by atoms with Crippen LogP contribution in [0.3, 0.4) is 0 Å². The van der Waals surface area contributed by atoms with Crippen molar-refractivity contribution in [2.75, 3.05) is 34.4 Å². The first kappa shape index (κ1) is 13.2. The highest BCUT2D eigenvalue weighted by Gasteiger charge is 2.23. The van der Waals surface area contributed by atoms with E-state index in [9.17, 15) is 0 Å². The average molecular weight is 275 g/mol. The Morgan fingerprint density at radius 1 is 1.25 bits per heavy atom. The Morgan fingerprint density at radius 3 is 2.70 bits per heavy atom. The summed E-state index contributed by atoms with van der Waals surface area (Å²) in [6.07, 6.45) is 2.39. The summed E-state index contributed by atoms with van der Waals surface area (Å²) in [5, 5.41) is 0. The number of rotatable bonds is 3. The number of fused-ring (bicyclic) bond motifs is 1. The molecule has 1 N–H and O–H groups in total. The molecule has 108 valence electrons. The normalized spacial score (nSPS) is 20.2. The lowest BCUT2D eigenvalue weighted by Gasteiger charge is -2.28. The maximum atomic E-state index is 5.41. The van der Waals surface area contributed by atoms with E-state index in [4.69, 9.17) is 14.5 Å². The van der Waals surface area contributed by atoms with Crippen LogP contribution in [0.1, 0.15) is 24.6 Å². The van der Waals surface area contributed by atoms with Crippen molar-refractivity contribution < 1.29 is 9.47 Å². The molecular formula is C15H21N3O2. The third-order valence-electron chi connectivity index (χ3n) is 4.04. The standard InChI is InChI=1S/C15H21N3O2/c1-18-8-4-5-10(9-18)15-16-13-11(19-2)6-7-12(20-3)14(13)17-15/h6-7,10H,4-5,8-9H2,1-3H3,(H,16,17). The Morgan fingerprint density at radius 2 is 2.00 bits per heavy atom. The third kappa shape index (κ3) is 2.22. The molecule has 1 aliphatic heterocycles. The monoisotopic (exact) mass is 275 g/mol. The number of hydrogen-bond donors (Lipinski definition) is 1. The van der Waals surface area contributed by atoms with E-state index >= 15 is 0 Å². The van der Waals surface area contributed by atoms with E-state index < -0.39 is 0 Å². The van der Waals surface area contributed by atoms with Gasteiger partial charge in [0.05, 0.1) is 14.2 Å². The van der Waals surface area contributed by atoms with Gasteiger partial charge in [-0.1, -0.05) is 0 Å². The zero-order valence-electron chi connectivity index (χ0n) is 12.3. The fourth-order valence-corrected chi connectivity index (χ4v) is 2.98. The minimum absolute atomic E-state index is 0.454. The van der Waals surface area contributed by atoms with E-state index in [0.29, 0.717) is 5.92 Å². The Kier molecular flexibility index (Phi) is 3.53. The molecule has 1 atom stereocenters. The molecule has 5 heteroatoms. The minimum atomic E-state index is 0.454. The molecule has 2 heterocycles. The maximum Gasteiger partial charge on any atom is 0.146 e. The van der Waals surface area contributed by atoms with Crippen LogP contribution in [0.4, 0.5) is 0 Å². The van der Waals surface area contributed by atoms with E-state index in [1.54, 1.807) is 14.2 Å². The topological polar surface area (TPSA) is 50.4 Å². The fourth-order valence-electron chi connectivity index (χ4n) is 2.98. The molecular weight excluding hydrogens is 254 g/mol. The number of nitrogens with one attached hydrogen (secondary N) is 1. The predicted molar refractivity (Wildman–Crippen MR) is 78.7 cm³/mol. The van der Waals surface area contributed by atoms with Gasteiger partial charge in [0, 0.05) is 12.5 Å². The molecule has 0 spiro atoms. The molecule has 0 bridgehead atoms. The minimum Gasteiger partial charge on any atom is -0.494 e. The number of likely N-dealkylation sites (N-methyl/N-ethyl adjacent to an activating group) is 1. The summed E-state index contributed by atoms with van der Waals surface area (Å²) in [5.41, 5.74) is 1.78. The van der Waals surface area contributed by atoms with Crippen molar-refractivity contribution in [1.29, 1.82) is 0 Å². The lowest BCUT2D eigenvalue weighted by molar-refractivity contribution is 0.246. The van der Waals surface area contributed by atoms with Crippen LogP contribution >= 0.6 is 0 Å². The highest BCUT2D eigenvalue weighted by molar-refractivity contribution is 5.87. The molecule has 0 saturated carbocycles. The van der Waals surface area contributed by atoms with Crippen LogP contribution in [0.5, 0.6) is 11.5 Å². The van der Waals surface area contributed by atoms with Crippen molar-refractivity contribution in [2.45, 2.75) is 18.8 Å². The summed E-state index contributed by atoms with van der Waals surface area (Å²) in [6.45, 7) is 2.22. The van der Waals surface area contributed by atoms with Crippen LogP contribution in [0.2, 0.25) is 0 Å². The zero-order chi connectivity index (χ0) is 14.1. The average Bonchev–Trinajstić information content (AvgIpc) is 2.91. The summed E-state index contributed by atoms with van der Waals surface area (Å²) >= 11 is 0. The summed E-state index contributed by atoms with van der Waals surface area (Å²) in [5.74, 6) is 3.08. The summed E-state index contributed by atoms with van der Waals surface area (Å²) in [4.78, 5) is 10.6. The molecule has 0 aliphatic carbocycles. The first-order chi connectivity index (χ1) is 9.72. The molecule has 1 aliphatic rings. The SMILES string of the molecule is COc1ccc(OC)c2[nH]c(C3CCCN(C)C3)nc12. The quantitative estimate of drug-likeness (QED) is 0.934. The van der Waals surface area contributed by atoms with Gasteiger partial charge in [0.2, 0.25) is 0 Å². The lowest BCUT2D eigenvalue weighted by atomic mass is 9.98. The van der Waals surface area contributed by atoms with E-state index in [0.717, 1.165) is 34.9 Å². The smallest absolute Gasteiger partial charge is 0.146 e. The molecule has 1 fully saturated rings. The lowest BCUT2D eigenvalue weighted by Crippen LogP contribution is -2.31. The van der Waals surface area contributed by atoms with E-state index in [1.807, 2.05) is 12.1 Å². The second-order valence-corrected chi connectivity index (χ2v) is 5.42. The Hall–Kier alpha value is -1.75. The number of methoxy groups -OCH3 is 2. The van der Waals surface area contributed by atoms with Crippen molar-refractivity contribution >= 4 is 11.0 Å². The van der Waals surface area contributed by atoms with E-state index in [1.165, 1.54) is 19.4 Å². The van der Waals surface area contributed by atoms with E-state index in [-0.39, 0.29) is 0 Å². The van der Waals surface area contributed by atoms with Crippen molar-refractivity contribution in [3.8, 4) is 11.5 Å². The number of H-pyrrole nitrogens is 1. The Labute approximate surface area is 118 Å². The maximum absolute atomic E-state index is 5.41. The van der Waals surface area contributed by atoms with Gasteiger partial charge in [-0.15, -0.1) is 0 Å². The summed E-state index contributed by atoms with van der Waals surface area (Å²) in [6, 6.07) is 3.81. The number of likely N-dealkylation sites (tertiary alicyclic amines) is 1. The number of nitrogens with zero attached hydrogens (tertiary/aromatic N) is 2. The molecule has 1 aromatic carbocycles. The van der Waals surface area contributed by atoms with Gasteiger partial charge in [-0.2, -0.15) is 0 Å². The van der Waals surface area contributed by atoms with Crippen molar-refractivity contribution in [2.24, 2.45) is 0 Å². The number of hydrogen-bond acceptors (Lipinski definition) is 4. The highest BCUT2D eigenvalue weighted by atomic mass is 16.5. The molecule has 0 amide bonds. The molecule has 3 rings (SSSR count). The molecule has 20 heavy (non-hydrogen) atoms. The van der Waals surface area contributed by atoms with Gasteiger partial charge in [-0.3, -0.25) is 0 Å². The van der Waals surface area contributed by atoms with Gasteiger partial charge in [-0.05, 0) is 38.6 Å². The molecule has 1 saturated heterocycles. The van der Waals surface area contributed by atoms with Crippen LogP contribution in [0.25, 0.3) is 11.0 Å². The second kappa shape index (κ2) is 5.32. The van der Waals surface area contributed by atoms with Crippen LogP contribution < -0.4 is 9.47 Å². The van der Waals surface area contributed by atoms with Crippen molar-refractivity contribution in [3.05, 3.63) is 18.0 Å². The number of aromatic amines is 1. The molecule has 0 radical (unpaired) electrons. The highest BCUT2D eigenvalue weighted by Crippen LogP contribution is 2.34. The first-order valence-corrected chi connectivity index (χ1v) is 7.02. The molecule has 1 unspecified atom stereocenters. The number of aromatic nitrogens is 2. The van der Waals surface area contributed by atoms with Gasteiger partial charge in [0.15, 0.2) is 0 Å². The first-order valence-electron chi connectivity index (χ1n) is 7.02. The number of benzene rings is 1. The predicted octanol–water partition coefficient (Wildman–Crippen LogP) is 2.39. The van der Waals surface area contributed by atoms with Crippen LogP contribution in [0.15, 0.2) is 12.1 Å². The van der Waals surface area contributed by atoms with Gasteiger partial charge in [0.25, 0.3) is 0 Å². The summed E-state index contributed by atoms with van der Waals surface area (Å²) in [7, 11) is 5.51. The van der Waals surface area contributed by atoms with Crippen LogP contribution in [-0.4, -0.2) is 49.2 Å².